The fourth-order valence-corrected chi connectivity index (χ4v) is 3.37. The van der Waals surface area contributed by atoms with E-state index in [9.17, 15) is 8.42 Å². The average molecular weight is 297 g/mol. The van der Waals surface area contributed by atoms with Gasteiger partial charge in [-0.3, -0.25) is 4.72 Å². The Kier molecular flexibility index (Phi) is 4.57. The zero-order valence-corrected chi connectivity index (χ0v) is 11.9. The Balaban J connectivity index is 2.12. The predicted octanol–water partition coefficient (Wildman–Crippen LogP) is 2.47. The molecule has 19 heavy (non-hydrogen) atoms. The number of nitrogens with one attached hydrogen (secondary N) is 1. The molecule has 0 aliphatic heterocycles. The van der Waals surface area contributed by atoms with Crippen LogP contribution in [0.1, 0.15) is 12.0 Å². The van der Waals surface area contributed by atoms with Crippen molar-refractivity contribution in [2.45, 2.75) is 17.7 Å². The fourth-order valence-electron chi connectivity index (χ4n) is 1.66. The molecule has 0 saturated carbocycles. The Morgan fingerprint density at radius 3 is 2.47 bits per heavy atom. The van der Waals surface area contributed by atoms with E-state index in [1.54, 1.807) is 35.7 Å². The van der Waals surface area contributed by atoms with Crippen molar-refractivity contribution in [2.75, 3.05) is 11.3 Å². The highest BCUT2D eigenvalue weighted by Gasteiger charge is 2.13. The molecular formula is C13H15NO3S2. The van der Waals surface area contributed by atoms with Crippen LogP contribution in [-0.2, 0) is 16.4 Å². The molecule has 0 aliphatic rings. The number of sulfonamides is 1. The summed E-state index contributed by atoms with van der Waals surface area (Å²) >= 11 is 1.44. The number of thiophene rings is 1. The molecule has 0 saturated heterocycles. The van der Waals surface area contributed by atoms with Gasteiger partial charge in [0.05, 0.1) is 10.6 Å². The fraction of sp³-hybridized carbons (Fsp3) is 0.231. The molecule has 0 fully saturated rings. The van der Waals surface area contributed by atoms with E-state index < -0.39 is 10.0 Å². The second-order valence-electron chi connectivity index (χ2n) is 4.09. The second-order valence-corrected chi connectivity index (χ2v) is 6.55. The minimum Gasteiger partial charge on any atom is -0.396 e. The molecule has 0 radical (unpaired) electrons. The van der Waals surface area contributed by atoms with Crippen LogP contribution in [0.4, 0.5) is 5.69 Å². The summed E-state index contributed by atoms with van der Waals surface area (Å²) in [5.74, 6) is 0. The van der Waals surface area contributed by atoms with E-state index in [1.165, 1.54) is 11.3 Å². The van der Waals surface area contributed by atoms with Crippen LogP contribution in [0, 0.1) is 0 Å². The summed E-state index contributed by atoms with van der Waals surface area (Å²) in [4.78, 5) is 0.242. The van der Waals surface area contributed by atoms with E-state index >= 15 is 0 Å². The zero-order chi connectivity index (χ0) is 13.7. The molecular weight excluding hydrogens is 282 g/mol. The summed E-state index contributed by atoms with van der Waals surface area (Å²) in [7, 11) is -3.51. The Morgan fingerprint density at radius 1 is 1.16 bits per heavy atom. The number of hydrogen-bond donors (Lipinski definition) is 2. The van der Waals surface area contributed by atoms with Gasteiger partial charge in [-0.05, 0) is 42.0 Å². The van der Waals surface area contributed by atoms with Crippen molar-refractivity contribution in [2.24, 2.45) is 0 Å². The van der Waals surface area contributed by atoms with E-state index in [-0.39, 0.29) is 11.5 Å². The van der Waals surface area contributed by atoms with Gasteiger partial charge in [-0.1, -0.05) is 12.1 Å². The van der Waals surface area contributed by atoms with Crippen molar-refractivity contribution in [3.8, 4) is 0 Å². The van der Waals surface area contributed by atoms with Crippen LogP contribution in [0.2, 0.25) is 0 Å². The molecule has 6 heteroatoms. The summed E-state index contributed by atoms with van der Waals surface area (Å²) in [5.41, 5.74) is 1.60. The molecule has 2 N–H and O–H groups in total. The first-order chi connectivity index (χ1) is 9.12. The van der Waals surface area contributed by atoms with Gasteiger partial charge in [0.2, 0.25) is 0 Å². The maximum absolute atomic E-state index is 12.1. The summed E-state index contributed by atoms with van der Waals surface area (Å²) in [6.45, 7) is 0.139. The standard InChI is InChI=1S/C13H15NO3S2/c15-8-1-2-11-3-5-13(6-4-11)19(16,17)14-12-7-9-18-10-12/h3-7,9-10,14-15H,1-2,8H2. The Bertz CT molecular complexity index is 604. The van der Waals surface area contributed by atoms with Gasteiger partial charge in [-0.25, -0.2) is 8.42 Å². The van der Waals surface area contributed by atoms with Crippen LogP contribution < -0.4 is 4.72 Å². The van der Waals surface area contributed by atoms with Gasteiger partial charge in [0, 0.05) is 12.0 Å². The highest BCUT2D eigenvalue weighted by Crippen LogP contribution is 2.19. The maximum atomic E-state index is 12.1. The molecule has 2 aromatic rings. The quantitative estimate of drug-likeness (QED) is 0.861. The van der Waals surface area contributed by atoms with E-state index in [0.717, 1.165) is 12.0 Å². The first-order valence-electron chi connectivity index (χ1n) is 5.86. The van der Waals surface area contributed by atoms with Gasteiger partial charge < -0.3 is 5.11 Å². The van der Waals surface area contributed by atoms with Crippen molar-refractivity contribution >= 4 is 27.0 Å². The third-order valence-corrected chi connectivity index (χ3v) is 4.71. The van der Waals surface area contributed by atoms with Crippen molar-refractivity contribution < 1.29 is 13.5 Å². The lowest BCUT2D eigenvalue weighted by molar-refractivity contribution is 0.288. The SMILES string of the molecule is O=S(=O)(Nc1ccsc1)c1ccc(CCCO)cc1. The van der Waals surface area contributed by atoms with Crippen molar-refractivity contribution in [1.29, 1.82) is 0 Å². The Morgan fingerprint density at radius 2 is 1.89 bits per heavy atom. The summed E-state index contributed by atoms with van der Waals surface area (Å²) in [5, 5.41) is 12.3. The summed E-state index contributed by atoms with van der Waals surface area (Å²) in [6, 6.07) is 8.44. The van der Waals surface area contributed by atoms with Gasteiger partial charge >= 0.3 is 0 Å². The van der Waals surface area contributed by atoms with Crippen LogP contribution in [0.25, 0.3) is 0 Å². The number of aryl methyl sites for hydroxylation is 1. The minimum atomic E-state index is -3.51. The van der Waals surface area contributed by atoms with Gasteiger partial charge in [0.25, 0.3) is 10.0 Å². The molecule has 0 atom stereocenters. The maximum Gasteiger partial charge on any atom is 0.261 e. The first-order valence-corrected chi connectivity index (χ1v) is 8.29. The van der Waals surface area contributed by atoms with E-state index in [1.807, 2.05) is 5.38 Å². The predicted molar refractivity (Wildman–Crippen MR) is 77.0 cm³/mol. The first kappa shape index (κ1) is 14.0. The number of benzene rings is 1. The largest absolute Gasteiger partial charge is 0.396 e. The van der Waals surface area contributed by atoms with Gasteiger partial charge in [0.1, 0.15) is 0 Å². The number of anilines is 1. The van der Waals surface area contributed by atoms with Crippen LogP contribution in [0.5, 0.6) is 0 Å². The lowest BCUT2D eigenvalue weighted by Gasteiger charge is -2.07. The number of aliphatic hydroxyl groups excluding tert-OH is 1. The number of aliphatic hydroxyl groups is 1. The average Bonchev–Trinajstić information content (AvgIpc) is 2.89. The second kappa shape index (κ2) is 6.18. The molecule has 0 aliphatic carbocycles. The van der Waals surface area contributed by atoms with Crippen LogP contribution in [-0.4, -0.2) is 20.1 Å². The van der Waals surface area contributed by atoms with Crippen LogP contribution in [0.15, 0.2) is 46.0 Å². The topological polar surface area (TPSA) is 66.4 Å². The highest BCUT2D eigenvalue weighted by molar-refractivity contribution is 7.92. The van der Waals surface area contributed by atoms with Crippen molar-refractivity contribution in [3.63, 3.8) is 0 Å². The summed E-state index contributed by atoms with van der Waals surface area (Å²) < 4.78 is 26.7. The molecule has 0 bridgehead atoms. The van der Waals surface area contributed by atoms with Crippen LogP contribution in [0.3, 0.4) is 0 Å². The molecule has 4 nitrogen and oxygen atoms in total. The molecule has 0 amide bonds. The lowest BCUT2D eigenvalue weighted by Crippen LogP contribution is -2.12. The molecule has 2 rings (SSSR count). The number of rotatable bonds is 6. The smallest absolute Gasteiger partial charge is 0.261 e. The normalized spacial score (nSPS) is 11.4. The Labute approximate surface area is 116 Å². The summed E-state index contributed by atoms with van der Waals surface area (Å²) in [6.07, 6.45) is 1.42. The Hall–Kier alpha value is -1.37. The third-order valence-electron chi connectivity index (χ3n) is 2.63. The van der Waals surface area contributed by atoms with Gasteiger partial charge in [-0.15, -0.1) is 0 Å². The zero-order valence-electron chi connectivity index (χ0n) is 10.2. The minimum absolute atomic E-state index is 0.139. The molecule has 102 valence electrons. The van der Waals surface area contributed by atoms with Gasteiger partial charge in [0.15, 0.2) is 0 Å². The molecule has 1 aromatic carbocycles. The van der Waals surface area contributed by atoms with E-state index in [0.29, 0.717) is 12.1 Å². The van der Waals surface area contributed by atoms with Gasteiger partial charge in [-0.2, -0.15) is 11.3 Å². The number of hydrogen-bond acceptors (Lipinski definition) is 4. The monoisotopic (exact) mass is 297 g/mol. The highest BCUT2D eigenvalue weighted by atomic mass is 32.2. The van der Waals surface area contributed by atoms with Crippen molar-refractivity contribution in [1.82, 2.24) is 0 Å². The van der Waals surface area contributed by atoms with Crippen molar-refractivity contribution in [3.05, 3.63) is 46.7 Å². The van der Waals surface area contributed by atoms with E-state index in [2.05, 4.69) is 4.72 Å². The molecule has 0 unspecified atom stereocenters. The molecule has 1 aromatic heterocycles. The lowest BCUT2D eigenvalue weighted by atomic mass is 10.1. The van der Waals surface area contributed by atoms with E-state index in [4.69, 9.17) is 5.11 Å². The van der Waals surface area contributed by atoms with Crippen LogP contribution >= 0.6 is 11.3 Å². The molecule has 0 spiro atoms. The molecule has 1 heterocycles. The third kappa shape index (κ3) is 3.79.